The molecule has 7 heteroatoms. The normalized spacial score (nSPS) is 20.1. The lowest BCUT2D eigenvalue weighted by molar-refractivity contribution is -0.123. The SMILES string of the molecule is CNC(=O)C[C@@]1(COC)CCCN1C(=O)c1ccc(OC)c(F)c1. The number of benzene rings is 1. The standard InChI is InChI=1S/C17H23FN2O4/c1-19-15(21)10-17(11-23-2)7-4-8-20(17)16(22)12-5-6-14(24-3)13(18)9-12/h5-6,9H,4,7-8,10-11H2,1-3H3,(H,19,21)/t17-/m1/s1. The van der Waals surface area contributed by atoms with Crippen molar-refractivity contribution in [3.05, 3.63) is 29.6 Å². The van der Waals surface area contributed by atoms with E-state index in [1.165, 1.54) is 19.2 Å². The van der Waals surface area contributed by atoms with E-state index in [0.29, 0.717) is 13.0 Å². The molecule has 0 bridgehead atoms. The predicted octanol–water partition coefficient (Wildman–Crippen LogP) is 1.59. The van der Waals surface area contributed by atoms with Crippen LogP contribution in [0, 0.1) is 5.82 Å². The van der Waals surface area contributed by atoms with Gasteiger partial charge in [0.2, 0.25) is 5.91 Å². The van der Waals surface area contributed by atoms with E-state index in [-0.39, 0.29) is 36.2 Å². The molecule has 2 amide bonds. The smallest absolute Gasteiger partial charge is 0.254 e. The number of likely N-dealkylation sites (tertiary alicyclic amines) is 1. The Kier molecular flexibility index (Phi) is 5.77. The van der Waals surface area contributed by atoms with E-state index in [9.17, 15) is 14.0 Å². The number of rotatable bonds is 6. The number of carbonyl (C=O) groups is 2. The van der Waals surface area contributed by atoms with E-state index in [1.807, 2.05) is 0 Å². The van der Waals surface area contributed by atoms with Crippen LogP contribution in [0.4, 0.5) is 4.39 Å². The van der Waals surface area contributed by atoms with Crippen LogP contribution in [-0.2, 0) is 9.53 Å². The van der Waals surface area contributed by atoms with Gasteiger partial charge in [-0.3, -0.25) is 9.59 Å². The van der Waals surface area contributed by atoms with Crippen molar-refractivity contribution in [1.82, 2.24) is 10.2 Å². The van der Waals surface area contributed by atoms with Gasteiger partial charge in [-0.15, -0.1) is 0 Å². The molecule has 1 N–H and O–H groups in total. The van der Waals surface area contributed by atoms with Crippen molar-refractivity contribution in [3.63, 3.8) is 0 Å². The second kappa shape index (κ2) is 7.61. The average molecular weight is 338 g/mol. The predicted molar refractivity (Wildman–Crippen MR) is 86.5 cm³/mol. The van der Waals surface area contributed by atoms with Crippen molar-refractivity contribution in [2.45, 2.75) is 24.8 Å². The summed E-state index contributed by atoms with van der Waals surface area (Å²) in [5.41, 5.74) is -0.477. The summed E-state index contributed by atoms with van der Waals surface area (Å²) in [6.07, 6.45) is 1.59. The topological polar surface area (TPSA) is 67.9 Å². The minimum Gasteiger partial charge on any atom is -0.494 e. The fourth-order valence-electron chi connectivity index (χ4n) is 3.25. The van der Waals surface area contributed by atoms with Crippen LogP contribution in [0.1, 0.15) is 29.6 Å². The van der Waals surface area contributed by atoms with Crippen LogP contribution < -0.4 is 10.1 Å². The number of carbonyl (C=O) groups excluding carboxylic acids is 2. The van der Waals surface area contributed by atoms with Gasteiger partial charge in [-0.1, -0.05) is 0 Å². The number of nitrogens with zero attached hydrogens (tertiary/aromatic N) is 1. The van der Waals surface area contributed by atoms with E-state index in [2.05, 4.69) is 5.32 Å². The molecule has 24 heavy (non-hydrogen) atoms. The van der Waals surface area contributed by atoms with E-state index in [1.54, 1.807) is 19.1 Å². The highest BCUT2D eigenvalue weighted by Gasteiger charge is 2.45. The number of halogens is 1. The van der Waals surface area contributed by atoms with Crippen molar-refractivity contribution < 1.29 is 23.5 Å². The minimum atomic E-state index is -0.706. The number of hydrogen-bond donors (Lipinski definition) is 1. The Morgan fingerprint density at radius 1 is 1.38 bits per heavy atom. The number of hydrogen-bond acceptors (Lipinski definition) is 4. The van der Waals surface area contributed by atoms with Crippen LogP contribution in [-0.4, -0.2) is 56.7 Å². The van der Waals surface area contributed by atoms with Gasteiger partial charge in [0.05, 0.1) is 25.7 Å². The molecule has 2 rings (SSSR count). The third-order valence-corrected chi connectivity index (χ3v) is 4.42. The fraction of sp³-hybridized carbons (Fsp3) is 0.529. The molecular formula is C17H23FN2O4. The second-order valence-corrected chi connectivity index (χ2v) is 5.92. The number of amides is 2. The Bertz CT molecular complexity index is 623. The van der Waals surface area contributed by atoms with Gasteiger partial charge in [0.15, 0.2) is 11.6 Å². The van der Waals surface area contributed by atoms with Crippen LogP contribution >= 0.6 is 0 Å². The van der Waals surface area contributed by atoms with Crippen molar-refractivity contribution in [3.8, 4) is 5.75 Å². The quantitative estimate of drug-likeness (QED) is 0.855. The van der Waals surface area contributed by atoms with Gasteiger partial charge in [0.1, 0.15) is 0 Å². The molecule has 1 atom stereocenters. The molecule has 1 aliphatic rings. The summed E-state index contributed by atoms with van der Waals surface area (Å²) in [6.45, 7) is 0.762. The third kappa shape index (κ3) is 3.51. The summed E-state index contributed by atoms with van der Waals surface area (Å²) in [4.78, 5) is 26.4. The van der Waals surface area contributed by atoms with Crippen molar-refractivity contribution in [2.24, 2.45) is 0 Å². The molecule has 0 radical (unpaired) electrons. The van der Waals surface area contributed by atoms with Crippen LogP contribution in [0.5, 0.6) is 5.75 Å². The zero-order chi connectivity index (χ0) is 17.7. The molecular weight excluding hydrogens is 315 g/mol. The van der Waals surface area contributed by atoms with E-state index in [4.69, 9.17) is 9.47 Å². The summed E-state index contributed by atoms with van der Waals surface area (Å²) in [5, 5.41) is 2.59. The molecule has 0 aliphatic carbocycles. The molecule has 1 saturated heterocycles. The number of nitrogens with one attached hydrogen (secondary N) is 1. The first-order valence-electron chi connectivity index (χ1n) is 7.82. The summed E-state index contributed by atoms with van der Waals surface area (Å²) in [6, 6.07) is 4.12. The van der Waals surface area contributed by atoms with Crippen molar-refractivity contribution in [2.75, 3.05) is 34.4 Å². The fourth-order valence-corrected chi connectivity index (χ4v) is 3.25. The second-order valence-electron chi connectivity index (χ2n) is 5.92. The lowest BCUT2D eigenvalue weighted by atomic mass is 9.91. The molecule has 1 heterocycles. The maximum absolute atomic E-state index is 13.9. The average Bonchev–Trinajstić information content (AvgIpc) is 2.97. The third-order valence-electron chi connectivity index (χ3n) is 4.42. The van der Waals surface area contributed by atoms with Gasteiger partial charge in [-0.25, -0.2) is 4.39 Å². The monoisotopic (exact) mass is 338 g/mol. The largest absolute Gasteiger partial charge is 0.494 e. The van der Waals surface area contributed by atoms with Crippen LogP contribution in [0.15, 0.2) is 18.2 Å². The molecule has 6 nitrogen and oxygen atoms in total. The zero-order valence-electron chi connectivity index (χ0n) is 14.2. The van der Waals surface area contributed by atoms with Crippen molar-refractivity contribution >= 4 is 11.8 Å². The lowest BCUT2D eigenvalue weighted by Crippen LogP contribution is -2.52. The highest BCUT2D eigenvalue weighted by Crippen LogP contribution is 2.34. The van der Waals surface area contributed by atoms with Gasteiger partial charge in [-0.05, 0) is 31.0 Å². The summed E-state index contributed by atoms with van der Waals surface area (Å²) < 4.78 is 24.1. The molecule has 0 spiro atoms. The first kappa shape index (κ1) is 18.2. The Labute approximate surface area is 140 Å². The van der Waals surface area contributed by atoms with Gasteiger partial charge >= 0.3 is 0 Å². The summed E-state index contributed by atoms with van der Waals surface area (Å²) >= 11 is 0. The Balaban J connectivity index is 2.31. The van der Waals surface area contributed by atoms with Gasteiger partial charge in [-0.2, -0.15) is 0 Å². The molecule has 1 aliphatic heterocycles. The van der Waals surface area contributed by atoms with E-state index < -0.39 is 11.4 Å². The van der Waals surface area contributed by atoms with E-state index >= 15 is 0 Å². The maximum atomic E-state index is 13.9. The van der Waals surface area contributed by atoms with Crippen LogP contribution in [0.25, 0.3) is 0 Å². The number of methoxy groups -OCH3 is 2. The van der Waals surface area contributed by atoms with Gasteiger partial charge < -0.3 is 19.7 Å². The molecule has 132 valence electrons. The zero-order valence-corrected chi connectivity index (χ0v) is 14.2. The maximum Gasteiger partial charge on any atom is 0.254 e. The van der Waals surface area contributed by atoms with Crippen molar-refractivity contribution in [1.29, 1.82) is 0 Å². The molecule has 0 saturated carbocycles. The lowest BCUT2D eigenvalue weighted by Gasteiger charge is -2.37. The molecule has 0 aromatic heterocycles. The number of ether oxygens (including phenoxy) is 2. The molecule has 1 aromatic rings. The van der Waals surface area contributed by atoms with E-state index in [0.717, 1.165) is 12.5 Å². The summed E-state index contributed by atoms with van der Waals surface area (Å²) in [5.74, 6) is -0.977. The highest BCUT2D eigenvalue weighted by atomic mass is 19.1. The first-order valence-corrected chi connectivity index (χ1v) is 7.82. The minimum absolute atomic E-state index is 0.0847. The Morgan fingerprint density at radius 3 is 2.71 bits per heavy atom. The molecule has 1 fully saturated rings. The highest BCUT2D eigenvalue weighted by molar-refractivity contribution is 5.95. The Morgan fingerprint density at radius 2 is 2.12 bits per heavy atom. The van der Waals surface area contributed by atoms with Crippen LogP contribution in [0.3, 0.4) is 0 Å². The molecule has 1 aromatic carbocycles. The van der Waals surface area contributed by atoms with Crippen LogP contribution in [0.2, 0.25) is 0 Å². The van der Waals surface area contributed by atoms with Gasteiger partial charge in [0, 0.05) is 26.3 Å². The first-order chi connectivity index (χ1) is 11.5. The summed E-state index contributed by atoms with van der Waals surface area (Å²) in [7, 11) is 4.47. The van der Waals surface area contributed by atoms with Gasteiger partial charge in [0.25, 0.3) is 5.91 Å². The Hall–Kier alpha value is -2.15. The molecule has 0 unspecified atom stereocenters.